The molecule has 0 saturated heterocycles. The van der Waals surface area contributed by atoms with Crippen molar-refractivity contribution in [3.8, 4) is 0 Å². The molecule has 1 heteroatoms. The molecular formula is C9H15Ge. The average Bonchev–Trinajstić information content (AvgIpc) is 2.07. The summed E-state index contributed by atoms with van der Waals surface area (Å²) >= 11 is 0.847. The zero-order chi connectivity index (χ0) is 7.89. The Kier molecular flexibility index (Phi) is 2.09. The van der Waals surface area contributed by atoms with E-state index in [1.54, 1.807) is 15.6 Å². The summed E-state index contributed by atoms with van der Waals surface area (Å²) in [6.07, 6.45) is 0. The third kappa shape index (κ3) is 0.987. The molecule has 1 aliphatic rings. The van der Waals surface area contributed by atoms with Crippen molar-refractivity contribution in [1.82, 2.24) is 0 Å². The van der Waals surface area contributed by atoms with Crippen LogP contribution in [0.4, 0.5) is 0 Å². The van der Waals surface area contributed by atoms with E-state index in [0.717, 1.165) is 16.5 Å². The average molecular weight is 196 g/mol. The Balaban J connectivity index is 3.09. The van der Waals surface area contributed by atoms with Gasteiger partial charge in [0.25, 0.3) is 0 Å². The van der Waals surface area contributed by atoms with Crippen molar-refractivity contribution in [2.75, 3.05) is 0 Å². The van der Waals surface area contributed by atoms with Crippen LogP contribution in [-0.4, -0.2) is 16.5 Å². The Morgan fingerprint density at radius 2 is 1.30 bits per heavy atom. The minimum atomic E-state index is 0.847. The summed E-state index contributed by atoms with van der Waals surface area (Å²) in [5.74, 6) is 1.51. The number of hydrogen-bond donors (Lipinski definition) is 0. The van der Waals surface area contributed by atoms with Gasteiger partial charge in [-0.25, -0.2) is 0 Å². The second kappa shape index (κ2) is 2.57. The maximum absolute atomic E-state index is 2.25. The Morgan fingerprint density at radius 3 is 1.40 bits per heavy atom. The van der Waals surface area contributed by atoms with Crippen LogP contribution in [0.5, 0.6) is 0 Å². The van der Waals surface area contributed by atoms with Gasteiger partial charge in [-0.15, -0.1) is 0 Å². The van der Waals surface area contributed by atoms with Crippen LogP contribution in [0, 0.1) is 5.92 Å². The van der Waals surface area contributed by atoms with Gasteiger partial charge in [0.1, 0.15) is 0 Å². The monoisotopic (exact) mass is 197 g/mol. The van der Waals surface area contributed by atoms with Crippen molar-refractivity contribution < 1.29 is 0 Å². The van der Waals surface area contributed by atoms with Gasteiger partial charge in [-0.1, -0.05) is 0 Å². The summed E-state index contributed by atoms with van der Waals surface area (Å²) in [6, 6.07) is 0. The standard InChI is InChI=1S/C9H15Ge/c1-5-6(2)8(4)9(10)7(5)3/h1-4,10H3. The van der Waals surface area contributed by atoms with E-state index in [2.05, 4.69) is 27.7 Å². The van der Waals surface area contributed by atoms with Gasteiger partial charge in [-0.05, 0) is 0 Å². The van der Waals surface area contributed by atoms with E-state index >= 15 is 0 Å². The van der Waals surface area contributed by atoms with Gasteiger partial charge in [0.05, 0.1) is 0 Å². The first-order valence-electron chi connectivity index (χ1n) is 3.75. The molecule has 0 bridgehead atoms. The Hall–Kier alpha value is 0.0229. The van der Waals surface area contributed by atoms with Crippen LogP contribution in [0.25, 0.3) is 0 Å². The minimum absolute atomic E-state index is 0.847. The predicted octanol–water partition coefficient (Wildman–Crippen LogP) is 1.57. The SMILES string of the molecule is C[C]1C(C)=C(C)[C]([GeH3])=C1C. The van der Waals surface area contributed by atoms with Gasteiger partial charge >= 0.3 is 71.3 Å². The van der Waals surface area contributed by atoms with Crippen LogP contribution >= 0.6 is 0 Å². The summed E-state index contributed by atoms with van der Waals surface area (Å²) in [4.78, 5) is 0. The van der Waals surface area contributed by atoms with Gasteiger partial charge in [0.15, 0.2) is 0 Å². The van der Waals surface area contributed by atoms with E-state index < -0.39 is 0 Å². The second-order valence-corrected chi connectivity index (χ2v) is 5.22. The molecule has 0 unspecified atom stereocenters. The van der Waals surface area contributed by atoms with Crippen molar-refractivity contribution >= 4 is 16.5 Å². The first kappa shape index (κ1) is 8.12. The van der Waals surface area contributed by atoms with Gasteiger partial charge in [0, 0.05) is 0 Å². The van der Waals surface area contributed by atoms with Crippen LogP contribution in [0.3, 0.4) is 0 Å². The first-order chi connectivity index (χ1) is 4.55. The molecule has 0 aromatic carbocycles. The molecule has 55 valence electrons. The molecule has 1 radical (unpaired) electrons. The topological polar surface area (TPSA) is 0 Å². The zero-order valence-electron chi connectivity index (χ0n) is 7.50. The molecule has 0 aliphatic heterocycles. The van der Waals surface area contributed by atoms with Crippen LogP contribution < -0.4 is 0 Å². The molecule has 0 heterocycles. The summed E-state index contributed by atoms with van der Waals surface area (Å²) < 4.78 is 1.66. The molecule has 0 amide bonds. The van der Waals surface area contributed by atoms with E-state index in [4.69, 9.17) is 0 Å². The Morgan fingerprint density at radius 1 is 0.800 bits per heavy atom. The summed E-state index contributed by atoms with van der Waals surface area (Å²) in [5.41, 5.74) is 4.62. The van der Waals surface area contributed by atoms with Gasteiger partial charge in [0.2, 0.25) is 0 Å². The van der Waals surface area contributed by atoms with Crippen molar-refractivity contribution in [2.24, 2.45) is 0 Å². The number of allylic oxidation sites excluding steroid dienone is 4. The molecular weight excluding hydrogens is 181 g/mol. The van der Waals surface area contributed by atoms with Crippen molar-refractivity contribution in [1.29, 1.82) is 0 Å². The second-order valence-electron chi connectivity index (χ2n) is 3.12. The van der Waals surface area contributed by atoms with Crippen LogP contribution in [0.15, 0.2) is 21.1 Å². The Labute approximate surface area is 71.6 Å². The van der Waals surface area contributed by atoms with E-state index in [0.29, 0.717) is 0 Å². The molecule has 0 fully saturated rings. The zero-order valence-corrected chi connectivity index (χ0v) is 11.7. The molecule has 0 spiro atoms. The van der Waals surface area contributed by atoms with Gasteiger partial charge < -0.3 is 0 Å². The quantitative estimate of drug-likeness (QED) is 0.515. The first-order valence-corrected chi connectivity index (χ1v) is 5.85. The van der Waals surface area contributed by atoms with Crippen LogP contribution in [0.2, 0.25) is 0 Å². The van der Waals surface area contributed by atoms with Crippen molar-refractivity contribution in [3.05, 3.63) is 27.0 Å². The predicted molar refractivity (Wildman–Crippen MR) is 49.9 cm³/mol. The van der Waals surface area contributed by atoms with E-state index in [1.165, 1.54) is 11.5 Å². The van der Waals surface area contributed by atoms with E-state index in [-0.39, 0.29) is 0 Å². The number of rotatable bonds is 0. The van der Waals surface area contributed by atoms with E-state index in [1.807, 2.05) is 0 Å². The molecule has 0 atom stereocenters. The van der Waals surface area contributed by atoms with Gasteiger partial charge in [-0.2, -0.15) is 0 Å². The maximum atomic E-state index is 2.25. The van der Waals surface area contributed by atoms with E-state index in [9.17, 15) is 0 Å². The fraction of sp³-hybridized carbons (Fsp3) is 0.444. The summed E-state index contributed by atoms with van der Waals surface area (Å²) in [7, 11) is 0. The molecule has 10 heavy (non-hydrogen) atoms. The summed E-state index contributed by atoms with van der Waals surface area (Å²) in [6.45, 7) is 8.95. The van der Waals surface area contributed by atoms with Crippen LogP contribution in [0.1, 0.15) is 27.7 Å². The molecule has 0 nitrogen and oxygen atoms in total. The molecule has 0 aromatic rings. The third-order valence-electron chi connectivity index (χ3n) is 2.81. The van der Waals surface area contributed by atoms with Crippen molar-refractivity contribution in [3.63, 3.8) is 0 Å². The Bertz CT molecular complexity index is 197. The van der Waals surface area contributed by atoms with Crippen molar-refractivity contribution in [2.45, 2.75) is 27.7 Å². The molecule has 0 aromatic heterocycles. The third-order valence-corrected chi connectivity index (χ3v) is 5.96. The molecule has 0 N–H and O–H groups in total. The van der Waals surface area contributed by atoms with Crippen LogP contribution in [-0.2, 0) is 0 Å². The normalized spacial score (nSPS) is 21.6. The summed E-state index contributed by atoms with van der Waals surface area (Å²) in [5, 5.41) is 0. The number of hydrogen-bond acceptors (Lipinski definition) is 0. The fourth-order valence-electron chi connectivity index (χ4n) is 1.41. The molecule has 0 saturated carbocycles. The molecule has 1 aliphatic carbocycles. The van der Waals surface area contributed by atoms with Gasteiger partial charge in [-0.3, -0.25) is 0 Å². The fourth-order valence-corrected chi connectivity index (χ4v) is 2.98. The molecule has 1 rings (SSSR count).